The third kappa shape index (κ3) is 4.91. The van der Waals surface area contributed by atoms with Crippen molar-refractivity contribution in [1.29, 1.82) is 0 Å². The van der Waals surface area contributed by atoms with Crippen LogP contribution in [0.2, 0.25) is 0 Å². The molecular formula is C17H20N2O2. The van der Waals surface area contributed by atoms with Crippen LogP contribution in [0.25, 0.3) is 11.3 Å². The zero-order valence-electron chi connectivity index (χ0n) is 12.6. The maximum absolute atomic E-state index is 11.6. The predicted octanol–water partition coefficient (Wildman–Crippen LogP) is 3.77. The zero-order chi connectivity index (χ0) is 15.3. The second-order valence-corrected chi connectivity index (χ2v) is 5.74. The molecule has 1 N–H and O–H groups in total. The summed E-state index contributed by atoms with van der Waals surface area (Å²) in [7, 11) is 0. The minimum atomic E-state index is -0.497. The lowest BCUT2D eigenvalue weighted by molar-refractivity contribution is 0.0523. The van der Waals surface area contributed by atoms with Gasteiger partial charge in [0.25, 0.3) is 0 Å². The van der Waals surface area contributed by atoms with Gasteiger partial charge in [-0.15, -0.1) is 0 Å². The van der Waals surface area contributed by atoms with Crippen molar-refractivity contribution in [3.8, 4) is 11.3 Å². The van der Waals surface area contributed by atoms with Crippen LogP contribution in [0.15, 0.2) is 48.5 Å². The van der Waals surface area contributed by atoms with Crippen molar-refractivity contribution in [2.75, 3.05) is 0 Å². The molecule has 4 heteroatoms. The van der Waals surface area contributed by atoms with E-state index in [1.54, 1.807) is 0 Å². The Morgan fingerprint density at radius 2 is 1.81 bits per heavy atom. The molecule has 0 fully saturated rings. The number of ether oxygens (including phenoxy) is 1. The number of nitrogens with one attached hydrogen (secondary N) is 1. The van der Waals surface area contributed by atoms with Crippen LogP contribution in [0.3, 0.4) is 0 Å². The molecule has 2 aromatic rings. The van der Waals surface area contributed by atoms with Crippen molar-refractivity contribution < 1.29 is 9.53 Å². The van der Waals surface area contributed by atoms with Crippen molar-refractivity contribution in [1.82, 2.24) is 10.3 Å². The molecule has 1 aromatic carbocycles. The molecule has 110 valence electrons. The summed E-state index contributed by atoms with van der Waals surface area (Å²) in [5.41, 5.74) is 2.24. The van der Waals surface area contributed by atoms with Crippen LogP contribution in [-0.2, 0) is 11.3 Å². The van der Waals surface area contributed by atoms with E-state index >= 15 is 0 Å². The van der Waals surface area contributed by atoms with Gasteiger partial charge in [0.2, 0.25) is 0 Å². The maximum atomic E-state index is 11.6. The van der Waals surface area contributed by atoms with E-state index in [9.17, 15) is 4.79 Å². The monoisotopic (exact) mass is 284 g/mol. The molecule has 21 heavy (non-hydrogen) atoms. The highest BCUT2D eigenvalue weighted by molar-refractivity contribution is 5.67. The number of carbonyl (C=O) groups is 1. The van der Waals surface area contributed by atoms with Gasteiger partial charge in [0.05, 0.1) is 17.9 Å². The quantitative estimate of drug-likeness (QED) is 0.933. The third-order valence-electron chi connectivity index (χ3n) is 2.69. The fraction of sp³-hybridized carbons (Fsp3) is 0.294. The fourth-order valence-corrected chi connectivity index (χ4v) is 1.82. The van der Waals surface area contributed by atoms with Gasteiger partial charge in [-0.3, -0.25) is 4.98 Å². The number of hydrogen-bond donors (Lipinski definition) is 1. The van der Waals surface area contributed by atoms with E-state index in [2.05, 4.69) is 10.3 Å². The van der Waals surface area contributed by atoms with Gasteiger partial charge in [-0.2, -0.15) is 0 Å². The summed E-state index contributed by atoms with van der Waals surface area (Å²) in [5.74, 6) is 0. The normalized spacial score (nSPS) is 11.0. The summed E-state index contributed by atoms with van der Waals surface area (Å²) in [4.78, 5) is 16.2. The van der Waals surface area contributed by atoms with Crippen LogP contribution in [-0.4, -0.2) is 16.7 Å². The molecule has 1 heterocycles. The summed E-state index contributed by atoms with van der Waals surface area (Å²) < 4.78 is 5.20. The Labute approximate surface area is 125 Å². The summed E-state index contributed by atoms with van der Waals surface area (Å²) in [6.07, 6.45) is -0.436. The van der Waals surface area contributed by atoms with Crippen molar-refractivity contribution in [3.05, 3.63) is 54.2 Å². The smallest absolute Gasteiger partial charge is 0.407 e. The molecule has 0 aliphatic rings. The van der Waals surface area contributed by atoms with Gasteiger partial charge in [0.1, 0.15) is 5.60 Å². The standard InChI is InChI=1S/C17H20N2O2/c1-17(2,3)21-16(20)18-12-14-10-7-11-15(19-14)13-8-5-4-6-9-13/h4-11H,12H2,1-3H3,(H,18,20). The zero-order valence-corrected chi connectivity index (χ0v) is 12.6. The van der Waals surface area contributed by atoms with E-state index < -0.39 is 11.7 Å². The lowest BCUT2D eigenvalue weighted by Gasteiger charge is -2.19. The molecule has 0 spiro atoms. The van der Waals surface area contributed by atoms with E-state index in [0.717, 1.165) is 17.0 Å². The molecule has 2 rings (SSSR count). The summed E-state index contributed by atoms with van der Waals surface area (Å²) in [6, 6.07) is 15.7. The Balaban J connectivity index is 2.01. The first-order valence-electron chi connectivity index (χ1n) is 6.92. The highest BCUT2D eigenvalue weighted by atomic mass is 16.6. The SMILES string of the molecule is CC(C)(C)OC(=O)NCc1cccc(-c2ccccc2)n1. The minimum absolute atomic E-state index is 0.343. The van der Waals surface area contributed by atoms with Gasteiger partial charge in [0.15, 0.2) is 0 Å². The first-order valence-corrected chi connectivity index (χ1v) is 6.92. The van der Waals surface area contributed by atoms with Crippen molar-refractivity contribution in [3.63, 3.8) is 0 Å². The average Bonchev–Trinajstić information content (AvgIpc) is 2.45. The molecule has 4 nitrogen and oxygen atoms in total. The predicted molar refractivity (Wildman–Crippen MR) is 82.7 cm³/mol. The van der Waals surface area contributed by atoms with Gasteiger partial charge in [-0.1, -0.05) is 36.4 Å². The molecule has 0 radical (unpaired) electrons. The fourth-order valence-electron chi connectivity index (χ4n) is 1.82. The van der Waals surface area contributed by atoms with Gasteiger partial charge >= 0.3 is 6.09 Å². The van der Waals surface area contributed by atoms with Crippen molar-refractivity contribution >= 4 is 6.09 Å². The number of rotatable bonds is 3. The second-order valence-electron chi connectivity index (χ2n) is 5.74. The third-order valence-corrected chi connectivity index (χ3v) is 2.69. The first kappa shape index (κ1) is 15.0. The van der Waals surface area contributed by atoms with Gasteiger partial charge in [0, 0.05) is 5.56 Å². The Kier molecular flexibility index (Phi) is 4.58. The molecule has 0 aliphatic heterocycles. The lowest BCUT2D eigenvalue weighted by atomic mass is 10.1. The number of pyridine rings is 1. The van der Waals surface area contributed by atoms with Crippen LogP contribution < -0.4 is 5.32 Å². The van der Waals surface area contributed by atoms with Crippen LogP contribution in [0.5, 0.6) is 0 Å². The van der Waals surface area contributed by atoms with Crippen LogP contribution in [0.4, 0.5) is 4.79 Å². The number of alkyl carbamates (subject to hydrolysis) is 1. The lowest BCUT2D eigenvalue weighted by Crippen LogP contribution is -2.32. The topological polar surface area (TPSA) is 51.2 Å². The molecular weight excluding hydrogens is 264 g/mol. The molecule has 0 saturated heterocycles. The number of nitrogens with zero attached hydrogens (tertiary/aromatic N) is 1. The summed E-state index contributed by atoms with van der Waals surface area (Å²) in [5, 5.41) is 2.71. The molecule has 0 saturated carbocycles. The largest absolute Gasteiger partial charge is 0.444 e. The highest BCUT2D eigenvalue weighted by Gasteiger charge is 2.15. The number of aromatic nitrogens is 1. The van der Waals surface area contributed by atoms with E-state index in [-0.39, 0.29) is 0 Å². The highest BCUT2D eigenvalue weighted by Crippen LogP contribution is 2.16. The van der Waals surface area contributed by atoms with Crippen LogP contribution in [0, 0.1) is 0 Å². The van der Waals surface area contributed by atoms with Crippen molar-refractivity contribution in [2.45, 2.75) is 32.9 Å². The molecule has 0 atom stereocenters. The summed E-state index contributed by atoms with van der Waals surface area (Å²) >= 11 is 0. The molecule has 0 aliphatic carbocycles. The van der Waals surface area contributed by atoms with Crippen LogP contribution >= 0.6 is 0 Å². The Hall–Kier alpha value is -2.36. The van der Waals surface area contributed by atoms with E-state index in [0.29, 0.717) is 6.54 Å². The maximum Gasteiger partial charge on any atom is 0.407 e. The minimum Gasteiger partial charge on any atom is -0.444 e. The second kappa shape index (κ2) is 6.39. The Morgan fingerprint density at radius 3 is 2.48 bits per heavy atom. The van der Waals surface area contributed by atoms with Gasteiger partial charge < -0.3 is 10.1 Å². The van der Waals surface area contributed by atoms with E-state index in [4.69, 9.17) is 4.74 Å². The number of hydrogen-bond acceptors (Lipinski definition) is 3. The Morgan fingerprint density at radius 1 is 1.10 bits per heavy atom. The van der Waals surface area contributed by atoms with Gasteiger partial charge in [-0.05, 0) is 32.9 Å². The van der Waals surface area contributed by atoms with E-state index in [1.165, 1.54) is 0 Å². The number of benzene rings is 1. The molecule has 1 amide bonds. The van der Waals surface area contributed by atoms with Crippen molar-refractivity contribution in [2.24, 2.45) is 0 Å². The van der Waals surface area contributed by atoms with E-state index in [1.807, 2.05) is 69.3 Å². The molecule has 0 unspecified atom stereocenters. The number of carbonyl (C=O) groups excluding carboxylic acids is 1. The average molecular weight is 284 g/mol. The first-order chi connectivity index (χ1) is 9.94. The molecule has 0 bridgehead atoms. The van der Waals surface area contributed by atoms with Crippen LogP contribution in [0.1, 0.15) is 26.5 Å². The summed E-state index contributed by atoms with van der Waals surface area (Å²) in [6.45, 7) is 5.85. The molecule has 1 aromatic heterocycles. The Bertz CT molecular complexity index is 604. The van der Waals surface area contributed by atoms with Gasteiger partial charge in [-0.25, -0.2) is 4.79 Å². The number of amides is 1.